The highest BCUT2D eigenvalue weighted by Gasteiger charge is 2.21. The van der Waals surface area contributed by atoms with Crippen molar-refractivity contribution in [2.24, 2.45) is 0 Å². The van der Waals surface area contributed by atoms with Crippen molar-refractivity contribution in [2.75, 3.05) is 0 Å². The second-order valence-electron chi connectivity index (χ2n) is 5.11. The molecule has 20 heavy (non-hydrogen) atoms. The fourth-order valence-corrected chi connectivity index (χ4v) is 1.96. The van der Waals surface area contributed by atoms with Gasteiger partial charge in [-0.3, -0.25) is 0 Å². The third-order valence-corrected chi connectivity index (χ3v) is 2.99. The molecule has 5 nitrogen and oxygen atoms in total. The smallest absolute Gasteiger partial charge is 0.408 e. The van der Waals surface area contributed by atoms with Crippen LogP contribution in [0.5, 0.6) is 0 Å². The van der Waals surface area contributed by atoms with Gasteiger partial charge in [-0.1, -0.05) is 15.9 Å². The number of rotatable bonds is 3. The zero-order valence-electron chi connectivity index (χ0n) is 11.4. The molecule has 0 aliphatic rings. The zero-order chi connectivity index (χ0) is 15.3. The Morgan fingerprint density at radius 3 is 2.65 bits per heavy atom. The lowest BCUT2D eigenvalue weighted by atomic mass is 10.1. The Hall–Kier alpha value is -1.87. The number of carbonyl (C=O) groups is 2. The molecule has 1 N–H and O–H groups in total. The Bertz CT molecular complexity index is 559. The maximum Gasteiger partial charge on any atom is 0.408 e. The molecule has 1 aromatic carbocycles. The quantitative estimate of drug-likeness (QED) is 0.859. The highest BCUT2D eigenvalue weighted by molar-refractivity contribution is 9.10. The van der Waals surface area contributed by atoms with Crippen LogP contribution in [0.25, 0.3) is 0 Å². The zero-order valence-corrected chi connectivity index (χ0v) is 13.0. The minimum atomic E-state index is -0.882. The van der Waals surface area contributed by atoms with Gasteiger partial charge in [-0.25, -0.2) is 4.79 Å². The summed E-state index contributed by atoms with van der Waals surface area (Å²) in [5.41, 5.74) is 0.259. The molecular formula is C14H15BrN2O3. The Kier molecular flexibility index (Phi) is 5.28. The molecule has 6 heteroatoms. The van der Waals surface area contributed by atoms with E-state index in [1.54, 1.807) is 39.0 Å². The lowest BCUT2D eigenvalue weighted by Crippen LogP contribution is -2.35. The van der Waals surface area contributed by atoms with Crippen LogP contribution >= 0.6 is 15.9 Å². The number of amides is 1. The van der Waals surface area contributed by atoms with Crippen molar-refractivity contribution in [1.82, 2.24) is 5.32 Å². The summed E-state index contributed by atoms with van der Waals surface area (Å²) in [4.78, 5) is 22.9. The van der Waals surface area contributed by atoms with E-state index < -0.39 is 17.7 Å². The Balaban J connectivity index is 2.95. The van der Waals surface area contributed by atoms with Gasteiger partial charge < -0.3 is 14.8 Å². The number of benzene rings is 1. The van der Waals surface area contributed by atoms with Crippen LogP contribution in [0.4, 0.5) is 4.79 Å². The van der Waals surface area contributed by atoms with E-state index in [-0.39, 0.29) is 0 Å². The van der Waals surface area contributed by atoms with Gasteiger partial charge in [0.1, 0.15) is 17.9 Å². The summed E-state index contributed by atoms with van der Waals surface area (Å²) in [5.74, 6) is 0. The van der Waals surface area contributed by atoms with Crippen molar-refractivity contribution in [1.29, 1.82) is 5.26 Å². The number of carbonyl (C=O) groups excluding carboxylic acids is 2. The van der Waals surface area contributed by atoms with Crippen molar-refractivity contribution >= 4 is 28.3 Å². The molecule has 0 saturated carbocycles. The second-order valence-corrected chi connectivity index (χ2v) is 5.96. The lowest BCUT2D eigenvalue weighted by Gasteiger charge is -2.22. The number of nitriles is 1. The SMILES string of the molecule is CC(C)(C)OC(=O)NC(C=O)c1cc(C#N)ccc1Br. The third kappa shape index (κ3) is 4.67. The van der Waals surface area contributed by atoms with E-state index in [1.165, 1.54) is 0 Å². The molecule has 0 spiro atoms. The van der Waals surface area contributed by atoms with Crippen LogP contribution < -0.4 is 5.32 Å². The van der Waals surface area contributed by atoms with Gasteiger partial charge in [-0.05, 0) is 44.5 Å². The van der Waals surface area contributed by atoms with Gasteiger partial charge in [0, 0.05) is 4.47 Å². The molecule has 0 aliphatic carbocycles. The summed E-state index contributed by atoms with van der Waals surface area (Å²) in [6, 6.07) is 5.91. The summed E-state index contributed by atoms with van der Waals surface area (Å²) in [7, 11) is 0. The first-order chi connectivity index (χ1) is 9.26. The highest BCUT2D eigenvalue weighted by atomic mass is 79.9. The van der Waals surface area contributed by atoms with E-state index in [0.717, 1.165) is 0 Å². The maximum atomic E-state index is 11.7. The largest absolute Gasteiger partial charge is 0.444 e. The number of aldehydes is 1. The lowest BCUT2D eigenvalue weighted by molar-refractivity contribution is -0.109. The molecule has 106 valence electrons. The number of hydrogen-bond acceptors (Lipinski definition) is 4. The van der Waals surface area contributed by atoms with Gasteiger partial charge in [0.25, 0.3) is 0 Å². The van der Waals surface area contributed by atoms with E-state index in [0.29, 0.717) is 21.9 Å². The van der Waals surface area contributed by atoms with Crippen molar-refractivity contribution in [3.63, 3.8) is 0 Å². The number of hydrogen-bond donors (Lipinski definition) is 1. The molecule has 0 heterocycles. The molecule has 1 unspecified atom stereocenters. The molecule has 0 aliphatic heterocycles. The third-order valence-electron chi connectivity index (χ3n) is 2.27. The molecule has 1 amide bonds. The van der Waals surface area contributed by atoms with Gasteiger partial charge in [0.2, 0.25) is 0 Å². The molecule has 1 rings (SSSR count). The van der Waals surface area contributed by atoms with Crippen molar-refractivity contribution in [3.8, 4) is 6.07 Å². The minimum absolute atomic E-state index is 0.404. The van der Waals surface area contributed by atoms with Gasteiger partial charge in [-0.15, -0.1) is 0 Å². The number of ether oxygens (including phenoxy) is 1. The van der Waals surface area contributed by atoms with Crippen LogP contribution in [-0.4, -0.2) is 18.0 Å². The Morgan fingerprint density at radius 2 is 2.15 bits per heavy atom. The minimum Gasteiger partial charge on any atom is -0.444 e. The first-order valence-electron chi connectivity index (χ1n) is 5.91. The van der Waals surface area contributed by atoms with Gasteiger partial charge in [-0.2, -0.15) is 5.26 Å². The average Bonchev–Trinajstić information content (AvgIpc) is 2.34. The molecule has 0 fully saturated rings. The Morgan fingerprint density at radius 1 is 1.50 bits per heavy atom. The van der Waals surface area contributed by atoms with E-state index in [9.17, 15) is 9.59 Å². The number of nitrogens with zero attached hydrogens (tertiary/aromatic N) is 1. The summed E-state index contributed by atoms with van der Waals surface area (Å²) < 4.78 is 5.73. The van der Waals surface area contributed by atoms with E-state index in [2.05, 4.69) is 21.2 Å². The summed E-state index contributed by atoms with van der Waals surface area (Å²) in [6.07, 6.45) is -0.102. The van der Waals surface area contributed by atoms with Crippen LogP contribution in [0, 0.1) is 11.3 Å². The Labute approximate surface area is 126 Å². The summed E-state index contributed by atoms with van der Waals surface area (Å²) in [6.45, 7) is 5.19. The summed E-state index contributed by atoms with van der Waals surface area (Å²) >= 11 is 3.29. The number of halogens is 1. The van der Waals surface area contributed by atoms with E-state index in [1.807, 2.05) is 6.07 Å². The average molecular weight is 339 g/mol. The van der Waals surface area contributed by atoms with Crippen molar-refractivity contribution < 1.29 is 14.3 Å². The van der Waals surface area contributed by atoms with Gasteiger partial charge in [0.15, 0.2) is 0 Å². The summed E-state index contributed by atoms with van der Waals surface area (Å²) in [5, 5.41) is 11.3. The predicted molar refractivity (Wildman–Crippen MR) is 77.0 cm³/mol. The fraction of sp³-hybridized carbons (Fsp3) is 0.357. The monoisotopic (exact) mass is 338 g/mol. The fourth-order valence-electron chi connectivity index (χ4n) is 1.47. The molecule has 0 bridgehead atoms. The second kappa shape index (κ2) is 6.53. The molecular weight excluding hydrogens is 324 g/mol. The highest BCUT2D eigenvalue weighted by Crippen LogP contribution is 2.24. The normalized spacial score (nSPS) is 12.2. The van der Waals surface area contributed by atoms with Crippen LogP contribution in [0.1, 0.15) is 37.9 Å². The maximum absolute atomic E-state index is 11.7. The van der Waals surface area contributed by atoms with Gasteiger partial charge >= 0.3 is 6.09 Å². The molecule has 1 atom stereocenters. The molecule has 1 aromatic rings. The molecule has 0 aromatic heterocycles. The van der Waals surface area contributed by atoms with Crippen LogP contribution in [0.2, 0.25) is 0 Å². The van der Waals surface area contributed by atoms with Crippen molar-refractivity contribution in [3.05, 3.63) is 33.8 Å². The first-order valence-corrected chi connectivity index (χ1v) is 6.70. The van der Waals surface area contributed by atoms with E-state index >= 15 is 0 Å². The van der Waals surface area contributed by atoms with E-state index in [4.69, 9.17) is 10.00 Å². The first kappa shape index (κ1) is 16.2. The molecule has 0 saturated heterocycles. The van der Waals surface area contributed by atoms with Crippen molar-refractivity contribution in [2.45, 2.75) is 32.4 Å². The standard InChI is InChI=1S/C14H15BrN2O3/c1-14(2,3)20-13(19)17-12(8-18)10-6-9(7-16)4-5-11(10)15/h4-6,8,12H,1-3H3,(H,17,19). The number of alkyl carbamates (subject to hydrolysis) is 1. The topological polar surface area (TPSA) is 79.2 Å². The predicted octanol–water partition coefficient (Wildman–Crippen LogP) is 3.09. The van der Waals surface area contributed by atoms with Crippen LogP contribution in [0.3, 0.4) is 0 Å². The number of nitrogens with one attached hydrogen (secondary N) is 1. The van der Waals surface area contributed by atoms with Crippen LogP contribution in [0.15, 0.2) is 22.7 Å². The molecule has 0 radical (unpaired) electrons. The van der Waals surface area contributed by atoms with Gasteiger partial charge in [0.05, 0.1) is 11.6 Å². The van der Waals surface area contributed by atoms with Crippen LogP contribution in [-0.2, 0) is 9.53 Å².